The zero-order valence-corrected chi connectivity index (χ0v) is 15.5. The summed E-state index contributed by atoms with van der Waals surface area (Å²) in [4.78, 5) is 25.7. The Balaban J connectivity index is 1.72. The summed E-state index contributed by atoms with van der Waals surface area (Å²) in [6.45, 7) is 5.13. The van der Waals surface area contributed by atoms with Crippen molar-refractivity contribution < 1.29 is 18.8 Å². The van der Waals surface area contributed by atoms with Gasteiger partial charge in [0, 0.05) is 17.9 Å². The van der Waals surface area contributed by atoms with E-state index in [0.717, 1.165) is 15.3 Å². The molecule has 0 saturated carbocycles. The molecule has 1 amide bonds. The minimum Gasteiger partial charge on any atom is -0.455 e. The number of aromatic nitrogens is 1. The number of esters is 1. The van der Waals surface area contributed by atoms with Crippen molar-refractivity contribution in [1.29, 1.82) is 0 Å². The molecule has 0 spiro atoms. The van der Waals surface area contributed by atoms with Gasteiger partial charge < -0.3 is 14.6 Å². The fraction of sp³-hybridized carbons (Fsp3) is 0.235. The fourth-order valence-corrected chi connectivity index (χ4v) is 4.01. The van der Waals surface area contributed by atoms with Crippen LogP contribution in [-0.4, -0.2) is 17.0 Å². The third-order valence-corrected chi connectivity index (χ3v) is 5.56. The van der Waals surface area contributed by atoms with Gasteiger partial charge in [-0.1, -0.05) is 11.2 Å². The lowest BCUT2D eigenvalue weighted by molar-refractivity contribution is -0.114. The van der Waals surface area contributed by atoms with Crippen molar-refractivity contribution in [2.75, 3.05) is 5.32 Å². The van der Waals surface area contributed by atoms with Gasteiger partial charge in [-0.3, -0.25) is 4.79 Å². The van der Waals surface area contributed by atoms with Crippen LogP contribution in [0.15, 0.2) is 28.1 Å². The third-order valence-electron chi connectivity index (χ3n) is 3.55. The Morgan fingerprint density at radius 3 is 2.84 bits per heavy atom. The first-order valence-electron chi connectivity index (χ1n) is 7.50. The van der Waals surface area contributed by atoms with Crippen molar-refractivity contribution in [1.82, 2.24) is 5.16 Å². The fourth-order valence-electron chi connectivity index (χ4n) is 2.25. The van der Waals surface area contributed by atoms with Crippen LogP contribution in [0.25, 0.3) is 10.6 Å². The average Bonchev–Trinajstić information content (AvgIpc) is 3.27. The van der Waals surface area contributed by atoms with Gasteiger partial charge >= 0.3 is 5.97 Å². The highest BCUT2D eigenvalue weighted by atomic mass is 32.1. The van der Waals surface area contributed by atoms with E-state index >= 15 is 0 Å². The summed E-state index contributed by atoms with van der Waals surface area (Å²) in [5.74, 6) is -0.0822. The standard InChI is InChI=1S/C17H16N2O4S2/c1-9-10(2)25-16(18-11(3)20)15(9)17(21)22-8-12-7-13(23-19-12)14-5-4-6-24-14/h4-7H,8H2,1-3H3,(H,18,20). The highest BCUT2D eigenvalue weighted by Gasteiger charge is 2.22. The van der Waals surface area contributed by atoms with Gasteiger partial charge in [-0.15, -0.1) is 22.7 Å². The zero-order chi connectivity index (χ0) is 18.0. The maximum absolute atomic E-state index is 12.5. The Bertz CT molecular complexity index is 909. The molecule has 0 bridgehead atoms. The van der Waals surface area contributed by atoms with Crippen LogP contribution in [0.3, 0.4) is 0 Å². The third kappa shape index (κ3) is 3.80. The number of anilines is 1. The summed E-state index contributed by atoms with van der Waals surface area (Å²) in [5.41, 5.74) is 1.72. The molecular weight excluding hydrogens is 360 g/mol. The average molecular weight is 376 g/mol. The van der Waals surface area contributed by atoms with Crippen molar-refractivity contribution in [2.24, 2.45) is 0 Å². The van der Waals surface area contributed by atoms with E-state index in [0.29, 0.717) is 22.0 Å². The first kappa shape index (κ1) is 17.4. The van der Waals surface area contributed by atoms with Crippen molar-refractivity contribution >= 4 is 39.6 Å². The number of amides is 1. The minimum absolute atomic E-state index is 0.00154. The molecule has 0 fully saturated rings. The summed E-state index contributed by atoms with van der Waals surface area (Å²) < 4.78 is 10.6. The van der Waals surface area contributed by atoms with Gasteiger partial charge in [0.25, 0.3) is 0 Å². The number of hydrogen-bond acceptors (Lipinski definition) is 7. The van der Waals surface area contributed by atoms with Gasteiger partial charge in [-0.25, -0.2) is 4.79 Å². The molecule has 3 rings (SSSR count). The number of carbonyl (C=O) groups excluding carboxylic acids is 2. The second-order valence-electron chi connectivity index (χ2n) is 5.40. The molecular formula is C17H16N2O4S2. The number of rotatable bonds is 5. The molecule has 0 saturated heterocycles. The maximum atomic E-state index is 12.5. The van der Waals surface area contributed by atoms with Gasteiger partial charge in [-0.05, 0) is 30.9 Å². The highest BCUT2D eigenvalue weighted by molar-refractivity contribution is 7.16. The lowest BCUT2D eigenvalue weighted by Crippen LogP contribution is -2.12. The monoisotopic (exact) mass is 376 g/mol. The summed E-state index contributed by atoms with van der Waals surface area (Å²) in [6.07, 6.45) is 0. The largest absolute Gasteiger partial charge is 0.455 e. The molecule has 0 aliphatic rings. The minimum atomic E-state index is -0.494. The van der Waals surface area contributed by atoms with E-state index in [-0.39, 0.29) is 12.5 Å². The lowest BCUT2D eigenvalue weighted by Gasteiger charge is -2.06. The van der Waals surface area contributed by atoms with E-state index in [1.807, 2.05) is 31.4 Å². The number of hydrogen-bond donors (Lipinski definition) is 1. The van der Waals surface area contributed by atoms with Crippen molar-refractivity contribution in [3.05, 3.63) is 45.3 Å². The number of thiophene rings is 2. The van der Waals surface area contributed by atoms with Crippen LogP contribution in [0.4, 0.5) is 5.00 Å². The van der Waals surface area contributed by atoms with E-state index in [4.69, 9.17) is 9.26 Å². The SMILES string of the molecule is CC(=O)Nc1sc(C)c(C)c1C(=O)OCc1cc(-c2cccs2)on1. The normalized spacial score (nSPS) is 10.7. The predicted octanol–water partition coefficient (Wildman–Crippen LogP) is 4.40. The molecule has 3 heterocycles. The Kier molecular flexibility index (Phi) is 5.00. The summed E-state index contributed by atoms with van der Waals surface area (Å²) in [7, 11) is 0. The van der Waals surface area contributed by atoms with Crippen LogP contribution >= 0.6 is 22.7 Å². The van der Waals surface area contributed by atoms with Crippen LogP contribution in [-0.2, 0) is 16.1 Å². The van der Waals surface area contributed by atoms with Crippen LogP contribution < -0.4 is 5.32 Å². The smallest absolute Gasteiger partial charge is 0.341 e. The first-order valence-corrected chi connectivity index (χ1v) is 9.19. The first-order chi connectivity index (χ1) is 12.0. The summed E-state index contributed by atoms with van der Waals surface area (Å²) in [5, 5.41) is 9.06. The van der Waals surface area contributed by atoms with Crippen molar-refractivity contribution in [2.45, 2.75) is 27.4 Å². The number of carbonyl (C=O) groups is 2. The summed E-state index contributed by atoms with van der Waals surface area (Å²) >= 11 is 2.90. The zero-order valence-electron chi connectivity index (χ0n) is 13.9. The Morgan fingerprint density at radius 1 is 1.36 bits per heavy atom. The Labute approximate surface area is 152 Å². The number of nitrogens with zero attached hydrogens (tertiary/aromatic N) is 1. The van der Waals surface area contributed by atoms with Crippen LogP contribution in [0.2, 0.25) is 0 Å². The van der Waals surface area contributed by atoms with Gasteiger partial charge in [0.15, 0.2) is 5.76 Å². The van der Waals surface area contributed by atoms with Crippen LogP contribution in [0, 0.1) is 13.8 Å². The second-order valence-corrected chi connectivity index (χ2v) is 7.58. The van der Waals surface area contributed by atoms with Crippen LogP contribution in [0.5, 0.6) is 0 Å². The van der Waals surface area contributed by atoms with Crippen molar-refractivity contribution in [3.8, 4) is 10.6 Å². The number of aryl methyl sites for hydroxylation is 1. The highest BCUT2D eigenvalue weighted by Crippen LogP contribution is 2.33. The van der Waals surface area contributed by atoms with E-state index in [1.165, 1.54) is 18.3 Å². The molecule has 0 unspecified atom stereocenters. The van der Waals surface area contributed by atoms with Gasteiger partial charge in [0.1, 0.15) is 17.3 Å². The second kappa shape index (κ2) is 7.20. The molecule has 0 aliphatic carbocycles. The molecule has 6 nitrogen and oxygen atoms in total. The molecule has 3 aromatic rings. The molecule has 0 radical (unpaired) electrons. The van der Waals surface area contributed by atoms with Gasteiger partial charge in [0.2, 0.25) is 5.91 Å². The molecule has 130 valence electrons. The number of ether oxygens (including phenoxy) is 1. The molecule has 1 N–H and O–H groups in total. The van der Waals surface area contributed by atoms with E-state index in [9.17, 15) is 9.59 Å². The predicted molar refractivity (Wildman–Crippen MR) is 97.0 cm³/mol. The Hall–Kier alpha value is -2.45. The molecule has 25 heavy (non-hydrogen) atoms. The quantitative estimate of drug-likeness (QED) is 0.668. The van der Waals surface area contributed by atoms with Crippen molar-refractivity contribution in [3.63, 3.8) is 0 Å². The topological polar surface area (TPSA) is 81.4 Å². The van der Waals surface area contributed by atoms with Crippen LogP contribution in [0.1, 0.15) is 33.4 Å². The Morgan fingerprint density at radius 2 is 2.16 bits per heavy atom. The van der Waals surface area contributed by atoms with E-state index in [2.05, 4.69) is 10.5 Å². The molecule has 0 aliphatic heterocycles. The van der Waals surface area contributed by atoms with E-state index < -0.39 is 5.97 Å². The number of nitrogens with one attached hydrogen (secondary N) is 1. The molecule has 8 heteroatoms. The summed E-state index contributed by atoms with van der Waals surface area (Å²) in [6, 6.07) is 5.60. The molecule has 0 atom stereocenters. The van der Waals surface area contributed by atoms with Gasteiger partial charge in [0.05, 0.1) is 10.4 Å². The maximum Gasteiger partial charge on any atom is 0.341 e. The molecule has 0 aromatic carbocycles. The molecule has 3 aromatic heterocycles. The van der Waals surface area contributed by atoms with Gasteiger partial charge in [-0.2, -0.15) is 0 Å². The van der Waals surface area contributed by atoms with E-state index in [1.54, 1.807) is 17.4 Å². The lowest BCUT2D eigenvalue weighted by atomic mass is 10.1.